The van der Waals surface area contributed by atoms with Gasteiger partial charge in [-0.2, -0.15) is 0 Å². The molecule has 5 rings (SSSR count). The van der Waals surface area contributed by atoms with E-state index in [1.54, 1.807) is 24.4 Å². The Morgan fingerprint density at radius 2 is 1.85 bits per heavy atom. The number of hydrogen-bond donors (Lipinski definition) is 0. The summed E-state index contributed by atoms with van der Waals surface area (Å²) in [7, 11) is 0. The molecule has 2 aliphatic heterocycles. The van der Waals surface area contributed by atoms with Crippen molar-refractivity contribution in [2.45, 2.75) is 45.1 Å². The van der Waals surface area contributed by atoms with Gasteiger partial charge in [0.05, 0.1) is 17.1 Å². The molecule has 0 atom stereocenters. The van der Waals surface area contributed by atoms with Crippen LogP contribution in [0.15, 0.2) is 53.8 Å². The number of alkyl halides is 3. The van der Waals surface area contributed by atoms with E-state index in [2.05, 4.69) is 24.6 Å². The van der Waals surface area contributed by atoms with Gasteiger partial charge in [0, 0.05) is 56.1 Å². The van der Waals surface area contributed by atoms with Crippen molar-refractivity contribution in [3.05, 3.63) is 71.4 Å². The molecule has 176 valence electrons. The van der Waals surface area contributed by atoms with E-state index < -0.39 is 6.36 Å². The number of nitrogens with zero attached hydrogens (tertiary/aromatic N) is 5. The predicted molar refractivity (Wildman–Crippen MR) is 121 cm³/mol. The summed E-state index contributed by atoms with van der Waals surface area (Å²) in [6, 6.07) is 9.64. The highest BCUT2D eigenvalue weighted by Gasteiger charge is 2.32. The minimum absolute atomic E-state index is 0.263. The average molecular weight is 467 g/mol. The minimum Gasteiger partial charge on any atom is -0.405 e. The molecule has 0 spiro atoms. The topological polar surface area (TPSA) is 63.5 Å². The highest BCUT2D eigenvalue weighted by molar-refractivity contribution is 5.97. The smallest absolute Gasteiger partial charge is 0.405 e. The number of para-hydroxylation sites is 1. The standard InChI is InChI=1S/C25H24F3N5O/c26-25(27,28)34-23-7-2-1-5-19(23)21-9-8-17(13-30-21)15-33-12-10-20-18(16-33)14-31-24(32-20)22-6-3-4-11-29-22/h1-2,5,7-9,13-14H,3-4,6,10-12,15-16H2. The van der Waals surface area contributed by atoms with Gasteiger partial charge in [-0.15, -0.1) is 13.2 Å². The number of aromatic nitrogens is 3. The molecule has 4 heterocycles. The number of benzene rings is 1. The molecule has 0 radical (unpaired) electrons. The lowest BCUT2D eigenvalue weighted by Crippen LogP contribution is -2.31. The van der Waals surface area contributed by atoms with Crippen molar-refractivity contribution < 1.29 is 17.9 Å². The molecule has 6 nitrogen and oxygen atoms in total. The van der Waals surface area contributed by atoms with E-state index in [0.29, 0.717) is 17.8 Å². The Morgan fingerprint density at radius 3 is 2.62 bits per heavy atom. The molecule has 0 N–H and O–H groups in total. The molecule has 1 aromatic carbocycles. The molecule has 0 unspecified atom stereocenters. The monoisotopic (exact) mass is 467 g/mol. The second kappa shape index (κ2) is 9.50. The van der Waals surface area contributed by atoms with Gasteiger partial charge in [-0.25, -0.2) is 9.97 Å². The van der Waals surface area contributed by atoms with E-state index >= 15 is 0 Å². The van der Waals surface area contributed by atoms with E-state index in [4.69, 9.17) is 4.98 Å². The third kappa shape index (κ3) is 5.25. The summed E-state index contributed by atoms with van der Waals surface area (Å²) in [5.41, 5.74) is 4.94. The van der Waals surface area contributed by atoms with Gasteiger partial charge in [0.15, 0.2) is 5.82 Å². The van der Waals surface area contributed by atoms with Gasteiger partial charge in [0.2, 0.25) is 0 Å². The van der Waals surface area contributed by atoms with Crippen LogP contribution in [0.4, 0.5) is 13.2 Å². The highest BCUT2D eigenvalue weighted by Crippen LogP contribution is 2.32. The maximum absolute atomic E-state index is 12.7. The van der Waals surface area contributed by atoms with E-state index in [-0.39, 0.29) is 5.75 Å². The summed E-state index contributed by atoms with van der Waals surface area (Å²) in [6.45, 7) is 3.14. The zero-order valence-electron chi connectivity index (χ0n) is 18.6. The van der Waals surface area contributed by atoms with Crippen LogP contribution in [0.5, 0.6) is 5.75 Å². The maximum Gasteiger partial charge on any atom is 0.573 e. The van der Waals surface area contributed by atoms with Crippen LogP contribution in [0, 0.1) is 0 Å². The van der Waals surface area contributed by atoms with Crippen LogP contribution in [0.1, 0.15) is 41.9 Å². The molecule has 0 fully saturated rings. The molecular formula is C25H24F3N5O. The van der Waals surface area contributed by atoms with Crippen molar-refractivity contribution >= 4 is 5.71 Å². The van der Waals surface area contributed by atoms with Crippen molar-refractivity contribution in [3.8, 4) is 17.0 Å². The lowest BCUT2D eigenvalue weighted by atomic mass is 10.0. The van der Waals surface area contributed by atoms with Crippen LogP contribution in [0.3, 0.4) is 0 Å². The Kier molecular flexibility index (Phi) is 6.28. The zero-order valence-corrected chi connectivity index (χ0v) is 18.6. The average Bonchev–Trinajstić information content (AvgIpc) is 2.84. The normalized spacial score (nSPS) is 16.6. The Labute approximate surface area is 195 Å². The first-order chi connectivity index (χ1) is 16.4. The molecule has 2 aliphatic rings. The quantitative estimate of drug-likeness (QED) is 0.530. The molecule has 0 aliphatic carbocycles. The summed E-state index contributed by atoms with van der Waals surface area (Å²) in [6.07, 6.45) is 2.92. The summed E-state index contributed by atoms with van der Waals surface area (Å²) in [5.74, 6) is 0.503. The Bertz CT molecular complexity index is 1190. The number of halogens is 3. The molecular weight excluding hydrogens is 443 g/mol. The van der Waals surface area contributed by atoms with Gasteiger partial charge in [-0.3, -0.25) is 14.9 Å². The van der Waals surface area contributed by atoms with Crippen molar-refractivity contribution in [2.24, 2.45) is 4.99 Å². The summed E-state index contributed by atoms with van der Waals surface area (Å²) < 4.78 is 42.3. The fourth-order valence-electron chi connectivity index (χ4n) is 4.36. The van der Waals surface area contributed by atoms with Crippen molar-refractivity contribution in [3.63, 3.8) is 0 Å². The highest BCUT2D eigenvalue weighted by atomic mass is 19.4. The fraction of sp³-hybridized carbons (Fsp3) is 0.360. The van der Waals surface area contributed by atoms with E-state index in [0.717, 1.165) is 73.7 Å². The van der Waals surface area contributed by atoms with Gasteiger partial charge in [-0.05, 0) is 43.0 Å². The molecule has 0 saturated heterocycles. The number of hydrogen-bond acceptors (Lipinski definition) is 6. The third-order valence-corrected chi connectivity index (χ3v) is 6.02. The van der Waals surface area contributed by atoms with Crippen LogP contribution >= 0.6 is 0 Å². The van der Waals surface area contributed by atoms with Crippen LogP contribution in [0.2, 0.25) is 0 Å². The van der Waals surface area contributed by atoms with Gasteiger partial charge in [-0.1, -0.05) is 18.2 Å². The Morgan fingerprint density at radius 1 is 0.971 bits per heavy atom. The summed E-state index contributed by atoms with van der Waals surface area (Å²) >= 11 is 0. The summed E-state index contributed by atoms with van der Waals surface area (Å²) in [4.78, 5) is 20.6. The van der Waals surface area contributed by atoms with Gasteiger partial charge >= 0.3 is 6.36 Å². The molecule has 2 aromatic heterocycles. The number of aliphatic imine (C=N–C) groups is 1. The first-order valence-corrected chi connectivity index (χ1v) is 11.4. The van der Waals surface area contributed by atoms with Gasteiger partial charge < -0.3 is 4.74 Å². The second-order valence-electron chi connectivity index (χ2n) is 8.51. The number of pyridine rings is 1. The maximum atomic E-state index is 12.7. The molecule has 0 bridgehead atoms. The first-order valence-electron chi connectivity index (χ1n) is 11.4. The van der Waals surface area contributed by atoms with E-state index in [9.17, 15) is 13.2 Å². The van der Waals surface area contributed by atoms with Crippen molar-refractivity contribution in [1.29, 1.82) is 0 Å². The number of fused-ring (bicyclic) bond motifs is 1. The second-order valence-corrected chi connectivity index (χ2v) is 8.51. The Balaban J connectivity index is 1.26. The van der Waals surface area contributed by atoms with Gasteiger partial charge in [0.1, 0.15) is 5.75 Å². The minimum atomic E-state index is -4.76. The molecule has 34 heavy (non-hydrogen) atoms. The van der Waals surface area contributed by atoms with E-state index in [1.165, 1.54) is 12.1 Å². The van der Waals surface area contributed by atoms with Crippen molar-refractivity contribution in [1.82, 2.24) is 19.9 Å². The lowest BCUT2D eigenvalue weighted by molar-refractivity contribution is -0.274. The largest absolute Gasteiger partial charge is 0.573 e. The first kappa shape index (κ1) is 22.5. The molecule has 9 heteroatoms. The SMILES string of the molecule is FC(F)(F)Oc1ccccc1-c1ccc(CN2CCc3nc(C4=NCCCC4)ncc3C2)cn1. The number of rotatable bonds is 5. The Hall–Kier alpha value is -3.33. The third-order valence-electron chi connectivity index (χ3n) is 6.02. The van der Waals surface area contributed by atoms with Crippen molar-refractivity contribution in [2.75, 3.05) is 13.1 Å². The predicted octanol–water partition coefficient (Wildman–Crippen LogP) is 4.97. The van der Waals surface area contributed by atoms with E-state index in [1.807, 2.05) is 12.3 Å². The zero-order chi connectivity index (χ0) is 23.5. The van der Waals surface area contributed by atoms with Crippen LogP contribution in [0.25, 0.3) is 11.3 Å². The van der Waals surface area contributed by atoms with Crippen LogP contribution in [-0.4, -0.2) is 45.0 Å². The summed E-state index contributed by atoms with van der Waals surface area (Å²) in [5, 5.41) is 0. The van der Waals surface area contributed by atoms with Gasteiger partial charge in [0.25, 0.3) is 0 Å². The molecule has 0 amide bonds. The fourth-order valence-corrected chi connectivity index (χ4v) is 4.36. The van der Waals surface area contributed by atoms with Crippen LogP contribution < -0.4 is 4.74 Å². The number of ether oxygens (including phenoxy) is 1. The van der Waals surface area contributed by atoms with Crippen LogP contribution in [-0.2, 0) is 19.5 Å². The molecule has 0 saturated carbocycles. The molecule has 3 aromatic rings. The lowest BCUT2D eigenvalue weighted by Gasteiger charge is -2.28.